The molecule has 0 aliphatic carbocycles. The Morgan fingerprint density at radius 1 is 1.05 bits per heavy atom. The molecular weight excluding hydrogens is 248 g/mol. The van der Waals surface area contributed by atoms with Crippen LogP contribution in [0.4, 0.5) is 0 Å². The molecule has 0 bridgehead atoms. The lowest BCUT2D eigenvalue weighted by atomic mass is 9.88. The third-order valence-corrected chi connectivity index (χ3v) is 4.12. The van der Waals surface area contributed by atoms with Gasteiger partial charge in [0.1, 0.15) is 6.26 Å². The van der Waals surface area contributed by atoms with E-state index in [1.165, 1.54) is 57.8 Å². The van der Waals surface area contributed by atoms with Crippen LogP contribution in [0.15, 0.2) is 24.2 Å². The number of nitrogens with two attached hydrogens (primary N) is 1. The standard InChI is InChI=1S/C17H32N2O/c1-4-6-8-10-13-17(3,12-9-7-5-2)19-14-11-16(18)15-20-19/h11,14-15H,4-10,12-13,18H2,1-3H3. The highest BCUT2D eigenvalue weighted by atomic mass is 16.7. The van der Waals surface area contributed by atoms with Crippen molar-refractivity contribution in [3.63, 3.8) is 0 Å². The Labute approximate surface area is 124 Å². The molecule has 0 saturated carbocycles. The number of nitrogens with zero attached hydrogens (tertiary/aromatic N) is 1. The molecule has 1 aliphatic rings. The van der Waals surface area contributed by atoms with Crippen molar-refractivity contribution >= 4 is 0 Å². The summed E-state index contributed by atoms with van der Waals surface area (Å²) >= 11 is 0. The monoisotopic (exact) mass is 280 g/mol. The highest BCUT2D eigenvalue weighted by Gasteiger charge is 2.31. The van der Waals surface area contributed by atoms with Crippen LogP contribution in [0, 0.1) is 0 Å². The first-order valence-corrected chi connectivity index (χ1v) is 8.22. The van der Waals surface area contributed by atoms with Gasteiger partial charge in [0, 0.05) is 6.20 Å². The second-order valence-electron chi connectivity index (χ2n) is 6.13. The molecule has 1 rings (SSSR count). The van der Waals surface area contributed by atoms with Crippen LogP contribution in [0.2, 0.25) is 0 Å². The fourth-order valence-electron chi connectivity index (χ4n) is 2.69. The van der Waals surface area contributed by atoms with E-state index in [0.29, 0.717) is 5.70 Å². The Hall–Kier alpha value is -1.12. The summed E-state index contributed by atoms with van der Waals surface area (Å²) in [6.07, 6.45) is 16.9. The maximum atomic E-state index is 5.72. The van der Waals surface area contributed by atoms with Gasteiger partial charge in [-0.15, -0.1) is 0 Å². The Morgan fingerprint density at radius 2 is 1.65 bits per heavy atom. The number of rotatable bonds is 10. The normalized spacial score (nSPS) is 17.6. The van der Waals surface area contributed by atoms with Crippen LogP contribution in [0.5, 0.6) is 0 Å². The molecule has 0 radical (unpaired) electrons. The van der Waals surface area contributed by atoms with Crippen molar-refractivity contribution in [3.8, 4) is 0 Å². The van der Waals surface area contributed by atoms with E-state index in [4.69, 9.17) is 10.6 Å². The summed E-state index contributed by atoms with van der Waals surface area (Å²) in [6.45, 7) is 6.82. The molecule has 20 heavy (non-hydrogen) atoms. The van der Waals surface area contributed by atoms with Gasteiger partial charge in [0.25, 0.3) is 0 Å². The lowest BCUT2D eigenvalue weighted by Crippen LogP contribution is -2.43. The summed E-state index contributed by atoms with van der Waals surface area (Å²) in [6, 6.07) is 0. The molecule has 1 unspecified atom stereocenters. The average Bonchev–Trinajstić information content (AvgIpc) is 2.45. The average molecular weight is 280 g/mol. The number of hydroxylamine groups is 2. The van der Waals surface area contributed by atoms with Crippen LogP contribution in [-0.4, -0.2) is 10.6 Å². The largest absolute Gasteiger partial charge is 0.396 e. The SMILES string of the molecule is CCCCCCC(C)(CCCCC)N1C=CC(N)=CO1. The molecule has 3 nitrogen and oxygen atoms in total. The highest BCUT2D eigenvalue weighted by molar-refractivity contribution is 5.14. The van der Waals surface area contributed by atoms with E-state index in [9.17, 15) is 0 Å². The quantitative estimate of drug-likeness (QED) is 0.581. The second kappa shape index (κ2) is 8.93. The number of hydrogen-bond acceptors (Lipinski definition) is 3. The van der Waals surface area contributed by atoms with Gasteiger partial charge >= 0.3 is 0 Å². The predicted octanol–water partition coefficient (Wildman–Crippen LogP) is 4.86. The number of unbranched alkanes of at least 4 members (excludes halogenated alkanes) is 5. The molecule has 1 heterocycles. The van der Waals surface area contributed by atoms with Gasteiger partial charge < -0.3 is 10.6 Å². The zero-order chi connectivity index (χ0) is 14.8. The van der Waals surface area contributed by atoms with Crippen molar-refractivity contribution in [2.45, 2.75) is 84.1 Å². The van der Waals surface area contributed by atoms with E-state index in [1.807, 2.05) is 17.3 Å². The minimum absolute atomic E-state index is 0.0800. The summed E-state index contributed by atoms with van der Waals surface area (Å²) in [5, 5.41) is 2.00. The van der Waals surface area contributed by atoms with Crippen molar-refractivity contribution in [1.29, 1.82) is 0 Å². The Balaban J connectivity index is 2.55. The van der Waals surface area contributed by atoms with Gasteiger partial charge in [-0.25, -0.2) is 5.06 Å². The third kappa shape index (κ3) is 5.48. The van der Waals surface area contributed by atoms with Crippen LogP contribution in [-0.2, 0) is 4.84 Å². The van der Waals surface area contributed by atoms with E-state index in [2.05, 4.69) is 20.8 Å². The first-order valence-electron chi connectivity index (χ1n) is 8.22. The fourth-order valence-corrected chi connectivity index (χ4v) is 2.69. The van der Waals surface area contributed by atoms with E-state index < -0.39 is 0 Å². The minimum Gasteiger partial charge on any atom is -0.396 e. The molecule has 116 valence electrons. The summed E-state index contributed by atoms with van der Waals surface area (Å²) in [4.78, 5) is 5.70. The molecule has 1 aliphatic heterocycles. The second-order valence-corrected chi connectivity index (χ2v) is 6.13. The van der Waals surface area contributed by atoms with Gasteiger partial charge in [-0.1, -0.05) is 58.8 Å². The Morgan fingerprint density at radius 3 is 2.20 bits per heavy atom. The maximum absolute atomic E-state index is 5.72. The van der Waals surface area contributed by atoms with Gasteiger partial charge in [0.05, 0.1) is 11.2 Å². The summed E-state index contributed by atoms with van der Waals surface area (Å²) in [7, 11) is 0. The van der Waals surface area contributed by atoms with Crippen LogP contribution >= 0.6 is 0 Å². The molecule has 0 amide bonds. The van der Waals surface area contributed by atoms with Crippen molar-refractivity contribution in [2.75, 3.05) is 0 Å². The van der Waals surface area contributed by atoms with E-state index in [1.54, 1.807) is 6.26 Å². The molecule has 2 N–H and O–H groups in total. The van der Waals surface area contributed by atoms with Crippen LogP contribution in [0.1, 0.15) is 78.6 Å². The lowest BCUT2D eigenvalue weighted by molar-refractivity contribution is -0.144. The zero-order valence-corrected chi connectivity index (χ0v) is 13.5. The van der Waals surface area contributed by atoms with Crippen LogP contribution in [0.25, 0.3) is 0 Å². The van der Waals surface area contributed by atoms with Gasteiger partial charge in [-0.05, 0) is 25.8 Å². The Bertz CT molecular complexity index is 325. The smallest absolute Gasteiger partial charge is 0.142 e. The molecule has 1 atom stereocenters. The van der Waals surface area contributed by atoms with Crippen molar-refractivity contribution in [3.05, 3.63) is 24.2 Å². The molecule has 0 spiro atoms. The lowest BCUT2D eigenvalue weighted by Gasteiger charge is -2.40. The predicted molar refractivity (Wildman–Crippen MR) is 85.6 cm³/mol. The van der Waals surface area contributed by atoms with Crippen molar-refractivity contribution in [2.24, 2.45) is 5.73 Å². The minimum atomic E-state index is 0.0800. The molecule has 3 heteroatoms. The molecule has 0 aromatic carbocycles. The summed E-state index contributed by atoms with van der Waals surface area (Å²) in [5.41, 5.74) is 6.49. The first-order chi connectivity index (χ1) is 9.62. The van der Waals surface area contributed by atoms with E-state index >= 15 is 0 Å². The topological polar surface area (TPSA) is 38.5 Å². The molecule has 0 aromatic rings. The van der Waals surface area contributed by atoms with Gasteiger partial charge in [0.15, 0.2) is 0 Å². The number of allylic oxidation sites excluding steroid dienone is 1. The van der Waals surface area contributed by atoms with Gasteiger partial charge in [-0.3, -0.25) is 0 Å². The molecule has 0 saturated heterocycles. The highest BCUT2D eigenvalue weighted by Crippen LogP contribution is 2.31. The van der Waals surface area contributed by atoms with Crippen LogP contribution < -0.4 is 5.73 Å². The summed E-state index contributed by atoms with van der Waals surface area (Å²) in [5.74, 6) is 0. The van der Waals surface area contributed by atoms with Gasteiger partial charge in [-0.2, -0.15) is 0 Å². The molecule has 0 fully saturated rings. The van der Waals surface area contributed by atoms with E-state index in [0.717, 1.165) is 0 Å². The van der Waals surface area contributed by atoms with Crippen molar-refractivity contribution in [1.82, 2.24) is 5.06 Å². The van der Waals surface area contributed by atoms with Crippen LogP contribution in [0.3, 0.4) is 0 Å². The third-order valence-electron chi connectivity index (χ3n) is 4.12. The first kappa shape index (κ1) is 16.9. The number of hydrogen-bond donors (Lipinski definition) is 1. The maximum Gasteiger partial charge on any atom is 0.142 e. The molecular formula is C17H32N2O. The molecule has 0 aromatic heterocycles. The van der Waals surface area contributed by atoms with Crippen molar-refractivity contribution < 1.29 is 4.84 Å². The summed E-state index contributed by atoms with van der Waals surface area (Å²) < 4.78 is 0. The fraction of sp³-hybridized carbons (Fsp3) is 0.765. The van der Waals surface area contributed by atoms with E-state index in [-0.39, 0.29) is 5.54 Å². The zero-order valence-electron chi connectivity index (χ0n) is 13.5. The van der Waals surface area contributed by atoms with Gasteiger partial charge in [0.2, 0.25) is 0 Å². The Kier molecular flexibility index (Phi) is 7.56.